The first-order valence-corrected chi connectivity index (χ1v) is 8.44. The molecule has 7 heteroatoms. The maximum Gasteiger partial charge on any atom is 1.00 e. The third-order valence-electron chi connectivity index (χ3n) is 2.28. The molecule has 108 valence electrons. The molecule has 0 radical (unpaired) electrons. The fourth-order valence-electron chi connectivity index (χ4n) is 1.42. The van der Waals surface area contributed by atoms with Crippen molar-refractivity contribution in [3.63, 3.8) is 0 Å². The largest absolute Gasteiger partial charge is 1.00 e. The monoisotopic (exact) mass is 502 g/mol. The van der Waals surface area contributed by atoms with Crippen LogP contribution in [-0.2, 0) is 23.6 Å². The minimum absolute atomic E-state index is 0. The van der Waals surface area contributed by atoms with E-state index in [1.165, 1.54) is 12.3 Å². The number of aliphatic carboxylic acids is 1. The van der Waals surface area contributed by atoms with Crippen LogP contribution in [0.4, 0.5) is 0 Å². The van der Waals surface area contributed by atoms with Gasteiger partial charge in [0.05, 0.1) is 12.0 Å². The van der Waals surface area contributed by atoms with Crippen molar-refractivity contribution in [1.29, 1.82) is 0 Å². The van der Waals surface area contributed by atoms with E-state index in [-0.39, 0.29) is 63.1 Å². The Kier molecular flexibility index (Phi) is 15.5. The summed E-state index contributed by atoms with van der Waals surface area (Å²) in [6.07, 6.45) is 1.71. The maximum absolute atomic E-state index is 11.4. The maximum atomic E-state index is 11.4. The SMILES string of the molecule is CC(C)C[C@H](N=Cc1ccccc1[O-])C(=O)[O-].[Cl][Pt+].[K+]. The predicted molar refractivity (Wildman–Crippen MR) is 67.6 cm³/mol. The van der Waals surface area contributed by atoms with Crippen LogP contribution in [0.3, 0.4) is 0 Å². The van der Waals surface area contributed by atoms with Gasteiger partial charge in [0.25, 0.3) is 0 Å². The molecule has 0 saturated heterocycles. The molecule has 0 N–H and O–H groups in total. The van der Waals surface area contributed by atoms with Crippen molar-refractivity contribution < 1.29 is 85.2 Å². The molecule has 0 spiro atoms. The first-order chi connectivity index (χ1) is 9.00. The van der Waals surface area contributed by atoms with Crippen LogP contribution >= 0.6 is 9.42 Å². The van der Waals surface area contributed by atoms with Gasteiger partial charge in [-0.15, -0.1) is 5.75 Å². The first-order valence-electron chi connectivity index (χ1n) is 5.62. The summed E-state index contributed by atoms with van der Waals surface area (Å²) in [5.74, 6) is -1.17. The van der Waals surface area contributed by atoms with Crippen LogP contribution in [0.2, 0.25) is 0 Å². The summed E-state index contributed by atoms with van der Waals surface area (Å²) in [5.41, 5.74) is 0.391. The zero-order valence-electron chi connectivity index (χ0n) is 11.6. The van der Waals surface area contributed by atoms with Gasteiger partial charge < -0.3 is 15.0 Å². The second-order valence-corrected chi connectivity index (χ2v) is 4.28. The molecule has 1 atom stereocenters. The number of halogens is 1. The molecule has 0 fully saturated rings. The number of rotatable bonds is 5. The number of carboxylic acid groups (broad SMARTS) is 1. The summed E-state index contributed by atoms with van der Waals surface area (Å²) >= 11 is 1.61. The normalized spacial score (nSPS) is 11.5. The van der Waals surface area contributed by atoms with Crippen molar-refractivity contribution >= 4 is 21.6 Å². The Bertz CT molecular complexity index is 430. The van der Waals surface area contributed by atoms with Crippen molar-refractivity contribution in [3.05, 3.63) is 29.8 Å². The number of carbonyl (C=O) groups excluding carboxylic acids is 1. The molecular weight excluding hydrogens is 488 g/mol. The molecular formula is C13H15ClKNO3Pt. The molecule has 0 amide bonds. The van der Waals surface area contributed by atoms with Crippen LogP contribution < -0.4 is 61.6 Å². The van der Waals surface area contributed by atoms with E-state index in [2.05, 4.69) is 14.4 Å². The number of aliphatic imine (C=N–C) groups is 1. The Morgan fingerprint density at radius 2 is 1.95 bits per heavy atom. The summed E-state index contributed by atoms with van der Waals surface area (Å²) < 4.78 is 0. The first kappa shape index (κ1) is 23.0. The van der Waals surface area contributed by atoms with E-state index in [9.17, 15) is 15.0 Å². The van der Waals surface area contributed by atoms with Gasteiger partial charge in [-0.3, -0.25) is 4.99 Å². The molecule has 0 saturated carbocycles. The molecule has 0 aliphatic heterocycles. The van der Waals surface area contributed by atoms with E-state index in [0.29, 0.717) is 12.0 Å². The second-order valence-electron chi connectivity index (χ2n) is 4.28. The van der Waals surface area contributed by atoms with Gasteiger partial charge >= 0.3 is 79.6 Å². The molecule has 0 aliphatic carbocycles. The van der Waals surface area contributed by atoms with Gasteiger partial charge in [0.2, 0.25) is 0 Å². The number of carbonyl (C=O) groups is 1. The number of para-hydroxylation sites is 1. The van der Waals surface area contributed by atoms with Gasteiger partial charge in [-0.1, -0.05) is 38.1 Å². The Labute approximate surface area is 177 Å². The van der Waals surface area contributed by atoms with Crippen molar-refractivity contribution in [3.8, 4) is 5.75 Å². The number of nitrogens with zero attached hydrogens (tertiary/aromatic N) is 1. The number of hydrogen-bond donors (Lipinski definition) is 0. The Morgan fingerprint density at radius 1 is 1.40 bits per heavy atom. The molecule has 0 unspecified atom stereocenters. The summed E-state index contributed by atoms with van der Waals surface area (Å²) in [6.45, 7) is 3.82. The molecule has 1 aromatic carbocycles. The fraction of sp³-hybridized carbons (Fsp3) is 0.385. The Balaban J connectivity index is 0. The molecule has 1 rings (SSSR count). The third kappa shape index (κ3) is 9.66. The molecule has 1 aromatic rings. The smallest absolute Gasteiger partial charge is 1.00 e. The molecule has 20 heavy (non-hydrogen) atoms. The van der Waals surface area contributed by atoms with Gasteiger partial charge in [-0.2, -0.15) is 0 Å². The van der Waals surface area contributed by atoms with Crippen molar-refractivity contribution in [2.24, 2.45) is 10.9 Å². The average molecular weight is 503 g/mol. The van der Waals surface area contributed by atoms with E-state index < -0.39 is 12.0 Å². The van der Waals surface area contributed by atoms with Gasteiger partial charge in [-0.05, 0) is 17.9 Å². The standard InChI is InChI=1S/C13H17NO3.ClH.K.Pt/c1-9(2)7-11(13(16)17)14-8-10-5-3-4-6-12(10)15;;;/h3-6,8-9,11,15H,7H2,1-2H3,(H,16,17);1H;;/q;;+1;+2/p-3/t11-;;;/m0.../s1. The van der Waals surface area contributed by atoms with Gasteiger partial charge in [-0.25, -0.2) is 0 Å². The van der Waals surface area contributed by atoms with Crippen LogP contribution in [-0.4, -0.2) is 18.2 Å². The summed E-state index contributed by atoms with van der Waals surface area (Å²) in [6, 6.07) is 5.46. The Morgan fingerprint density at radius 3 is 2.40 bits per heavy atom. The van der Waals surface area contributed by atoms with Gasteiger partial charge in [0.1, 0.15) is 0 Å². The van der Waals surface area contributed by atoms with Gasteiger partial charge in [0, 0.05) is 6.21 Å². The van der Waals surface area contributed by atoms with Crippen molar-refractivity contribution in [1.82, 2.24) is 0 Å². The number of benzene rings is 1. The van der Waals surface area contributed by atoms with Crippen LogP contribution in [0, 0.1) is 5.92 Å². The van der Waals surface area contributed by atoms with Crippen LogP contribution in [0.25, 0.3) is 0 Å². The van der Waals surface area contributed by atoms with Crippen molar-refractivity contribution in [2.75, 3.05) is 0 Å². The molecule has 0 aliphatic rings. The van der Waals surface area contributed by atoms with Crippen LogP contribution in [0.15, 0.2) is 29.3 Å². The van der Waals surface area contributed by atoms with Crippen molar-refractivity contribution in [2.45, 2.75) is 26.3 Å². The van der Waals surface area contributed by atoms with E-state index in [1.54, 1.807) is 37.0 Å². The summed E-state index contributed by atoms with van der Waals surface area (Å²) in [5, 5.41) is 22.2. The predicted octanol–water partition coefficient (Wildman–Crippen LogP) is -1.97. The van der Waals surface area contributed by atoms with E-state index in [0.717, 1.165) is 0 Å². The minimum atomic E-state index is -1.21. The van der Waals surface area contributed by atoms with Crippen LogP contribution in [0.5, 0.6) is 5.75 Å². The zero-order chi connectivity index (χ0) is 14.8. The molecule has 0 bridgehead atoms. The Hall–Kier alpha value is 0.775. The number of carboxylic acids is 1. The van der Waals surface area contributed by atoms with E-state index in [4.69, 9.17) is 0 Å². The fourth-order valence-corrected chi connectivity index (χ4v) is 1.42. The number of hydrogen-bond acceptors (Lipinski definition) is 4. The molecule has 0 heterocycles. The minimum Gasteiger partial charge on any atom is 1.00 e. The molecule has 4 nitrogen and oxygen atoms in total. The second kappa shape index (κ2) is 13.4. The summed E-state index contributed by atoms with van der Waals surface area (Å²) in [7, 11) is 4.61. The molecule has 0 aromatic heterocycles. The topological polar surface area (TPSA) is 75.5 Å². The average Bonchev–Trinajstić information content (AvgIpc) is 2.38. The van der Waals surface area contributed by atoms with E-state index >= 15 is 0 Å². The van der Waals surface area contributed by atoms with E-state index in [1.807, 2.05) is 13.8 Å². The van der Waals surface area contributed by atoms with Gasteiger partial charge in [0.15, 0.2) is 0 Å². The zero-order valence-corrected chi connectivity index (χ0v) is 17.8. The van der Waals surface area contributed by atoms with Crippen LogP contribution in [0.1, 0.15) is 25.8 Å². The third-order valence-corrected chi connectivity index (χ3v) is 2.28. The summed E-state index contributed by atoms with van der Waals surface area (Å²) in [4.78, 5) is 14.7. The quantitative estimate of drug-likeness (QED) is 0.346.